The first-order chi connectivity index (χ1) is 5.84. The van der Waals surface area contributed by atoms with E-state index in [1.54, 1.807) is 11.3 Å². The van der Waals surface area contributed by atoms with Gasteiger partial charge in [0.05, 0.1) is 0 Å². The van der Waals surface area contributed by atoms with Gasteiger partial charge in [0.25, 0.3) is 0 Å². The van der Waals surface area contributed by atoms with Crippen molar-refractivity contribution < 1.29 is 12.4 Å². The second kappa shape index (κ2) is 10.7. The topological polar surface area (TPSA) is 0 Å². The summed E-state index contributed by atoms with van der Waals surface area (Å²) < 4.78 is 1.26. The van der Waals surface area contributed by atoms with Gasteiger partial charge < -0.3 is 12.4 Å². The molecule has 0 aliphatic rings. The van der Waals surface area contributed by atoms with Gasteiger partial charge in [0.2, 0.25) is 0 Å². The molecule has 0 nitrogen and oxygen atoms in total. The normalized spacial score (nSPS) is 9.00. The number of aryl methyl sites for hydroxylation is 1. The summed E-state index contributed by atoms with van der Waals surface area (Å²) in [4.78, 5) is 0. The molecule has 1 heterocycles. The van der Waals surface area contributed by atoms with Crippen LogP contribution in [0.2, 0.25) is 0 Å². The molecule has 76 valence electrons. The zero-order chi connectivity index (χ0) is 8.81. The van der Waals surface area contributed by atoms with Crippen LogP contribution in [0.5, 0.6) is 0 Å². The molecule has 0 amide bonds. The van der Waals surface area contributed by atoms with E-state index < -0.39 is 0 Å². The molecule has 14 heavy (non-hydrogen) atoms. The van der Waals surface area contributed by atoms with Gasteiger partial charge in [-0.1, -0.05) is 42.8 Å². The quantitative estimate of drug-likeness (QED) is 0.433. The summed E-state index contributed by atoms with van der Waals surface area (Å²) in [6, 6.07) is 2.10. The predicted molar refractivity (Wildman–Crippen MR) is 64.5 cm³/mol. The molecule has 0 saturated carbocycles. The molecular weight excluding hydrogens is 292 g/mol. The fraction of sp³-hybridized carbons (Fsp3) is 0.600. The second-order valence-corrected chi connectivity index (χ2v) is 5.14. The maximum atomic E-state index is 3.52. The number of halogens is 2. The van der Waals surface area contributed by atoms with Crippen LogP contribution in [0.15, 0.2) is 9.85 Å². The smallest absolute Gasteiger partial charge is 1.00 e. The van der Waals surface area contributed by atoms with E-state index in [1.807, 2.05) is 0 Å². The number of unbranched alkanes of at least 4 members (excludes halogenated alkanes) is 3. The summed E-state index contributed by atoms with van der Waals surface area (Å²) in [5.74, 6) is 0. The van der Waals surface area contributed by atoms with Crippen molar-refractivity contribution in [2.45, 2.75) is 39.0 Å². The Kier molecular flexibility index (Phi) is 13.5. The predicted octanol–water partition coefficient (Wildman–Crippen LogP) is 1.06. The molecule has 0 atom stereocenters. The molecule has 0 N–H and O–H groups in total. The van der Waals surface area contributed by atoms with E-state index >= 15 is 0 Å². The van der Waals surface area contributed by atoms with Crippen LogP contribution in [-0.2, 0) is 6.42 Å². The van der Waals surface area contributed by atoms with Crippen molar-refractivity contribution in [1.29, 1.82) is 0 Å². The van der Waals surface area contributed by atoms with Crippen LogP contribution in [-0.4, -0.2) is 23.1 Å². The molecule has 1 aromatic heterocycles. The average Bonchev–Trinajstić information content (AvgIpc) is 2.46. The third-order valence-electron chi connectivity index (χ3n) is 1.93. The zero-order valence-electron chi connectivity index (χ0n) is 8.48. The van der Waals surface area contributed by atoms with Gasteiger partial charge in [0, 0.05) is 0 Å². The first-order valence-electron chi connectivity index (χ1n) is 4.49. The van der Waals surface area contributed by atoms with Gasteiger partial charge in [-0.2, -0.15) is 11.6 Å². The molecule has 0 spiro atoms. The van der Waals surface area contributed by atoms with E-state index in [4.69, 9.17) is 0 Å². The summed E-state index contributed by atoms with van der Waals surface area (Å²) in [5, 5.41) is 3.13. The van der Waals surface area contributed by atoms with E-state index in [0.717, 1.165) is 0 Å². The van der Waals surface area contributed by atoms with Crippen molar-refractivity contribution in [3.8, 4) is 0 Å². The van der Waals surface area contributed by atoms with Gasteiger partial charge in [-0.25, -0.2) is 0 Å². The molecule has 0 radical (unpaired) electrons. The van der Waals surface area contributed by atoms with Crippen molar-refractivity contribution in [2.24, 2.45) is 0 Å². The maximum absolute atomic E-state index is 3.52. The van der Waals surface area contributed by atoms with Gasteiger partial charge >= 0.3 is 23.1 Å². The summed E-state index contributed by atoms with van der Waals surface area (Å²) in [6.07, 6.45) is 6.57. The number of hydrogen-bond acceptors (Lipinski definition) is 1. The zero-order valence-corrected chi connectivity index (χ0v) is 13.1. The third-order valence-corrected chi connectivity index (χ3v) is 3.61. The molecular formula is C10H14BrClMgS. The maximum Gasteiger partial charge on any atom is 2.00 e. The van der Waals surface area contributed by atoms with Gasteiger partial charge in [-0.3, -0.25) is 11.3 Å². The second-order valence-electron chi connectivity index (χ2n) is 2.97. The number of hydrogen-bond donors (Lipinski definition) is 0. The van der Waals surface area contributed by atoms with Crippen molar-refractivity contribution in [3.05, 3.63) is 20.8 Å². The molecule has 0 bridgehead atoms. The Hall–Kier alpha value is 1.24. The molecule has 4 heteroatoms. The Balaban J connectivity index is 0. The Labute approximate surface area is 122 Å². The van der Waals surface area contributed by atoms with Crippen molar-refractivity contribution >= 4 is 50.3 Å². The first kappa shape index (κ1) is 17.6. The van der Waals surface area contributed by atoms with E-state index in [9.17, 15) is 0 Å². The van der Waals surface area contributed by atoms with Gasteiger partial charge in [-0.15, -0.1) is 21.3 Å². The molecule has 0 aliphatic carbocycles. The Bertz CT molecular complexity index is 228. The number of rotatable bonds is 5. The van der Waals surface area contributed by atoms with E-state index in [-0.39, 0.29) is 35.5 Å². The van der Waals surface area contributed by atoms with E-state index in [0.29, 0.717) is 0 Å². The molecule has 0 aliphatic heterocycles. The van der Waals surface area contributed by atoms with Gasteiger partial charge in [0.15, 0.2) is 0 Å². The molecule has 1 aromatic rings. The fourth-order valence-electron chi connectivity index (χ4n) is 1.19. The SMILES string of the molecule is CCCCCCc1c[c-]sc1Br.[Cl-].[Mg+2]. The molecule has 0 fully saturated rings. The van der Waals surface area contributed by atoms with Crippen LogP contribution in [0.3, 0.4) is 0 Å². The van der Waals surface area contributed by atoms with Crippen molar-refractivity contribution in [1.82, 2.24) is 0 Å². The monoisotopic (exact) mass is 304 g/mol. The average molecular weight is 306 g/mol. The summed E-state index contributed by atoms with van der Waals surface area (Å²) in [5.41, 5.74) is 1.43. The van der Waals surface area contributed by atoms with Crippen LogP contribution in [0.4, 0.5) is 0 Å². The van der Waals surface area contributed by atoms with Crippen LogP contribution in [0, 0.1) is 5.38 Å². The summed E-state index contributed by atoms with van der Waals surface area (Å²) in [6.45, 7) is 2.24. The van der Waals surface area contributed by atoms with E-state index in [2.05, 4.69) is 34.3 Å². The van der Waals surface area contributed by atoms with Crippen LogP contribution < -0.4 is 12.4 Å². The minimum absolute atomic E-state index is 0. The fourth-order valence-corrected chi connectivity index (χ4v) is 2.38. The molecule has 0 unspecified atom stereocenters. The van der Waals surface area contributed by atoms with Crippen molar-refractivity contribution in [2.75, 3.05) is 0 Å². The van der Waals surface area contributed by atoms with Crippen LogP contribution in [0.1, 0.15) is 38.2 Å². The largest absolute Gasteiger partial charge is 2.00 e. The summed E-state index contributed by atoms with van der Waals surface area (Å²) in [7, 11) is 0. The minimum Gasteiger partial charge on any atom is -1.00 e. The Morgan fingerprint density at radius 1 is 1.36 bits per heavy atom. The van der Waals surface area contributed by atoms with Crippen molar-refractivity contribution in [3.63, 3.8) is 0 Å². The van der Waals surface area contributed by atoms with Crippen LogP contribution in [0.25, 0.3) is 0 Å². The van der Waals surface area contributed by atoms with Gasteiger partial charge in [-0.05, 0) is 0 Å². The first-order valence-corrected chi connectivity index (χ1v) is 6.09. The standard InChI is InChI=1S/C10H14BrS.ClH.Mg/c1-2-3-4-5-6-9-7-8-12-10(9)11;;/h7H,2-6H2,1H3;1H;/q-1;;+2/p-1. The summed E-state index contributed by atoms with van der Waals surface area (Å²) >= 11 is 5.18. The minimum atomic E-state index is 0. The van der Waals surface area contributed by atoms with Crippen LogP contribution >= 0.6 is 27.3 Å². The molecule has 0 saturated heterocycles. The van der Waals surface area contributed by atoms with Gasteiger partial charge in [0.1, 0.15) is 0 Å². The van der Waals surface area contributed by atoms with E-state index in [1.165, 1.54) is 41.5 Å². The third kappa shape index (κ3) is 6.67. The Morgan fingerprint density at radius 3 is 2.57 bits per heavy atom. The number of thiophene rings is 1. The Morgan fingerprint density at radius 2 is 2.07 bits per heavy atom. The molecule has 1 rings (SSSR count). The molecule has 0 aromatic carbocycles.